The fourth-order valence-corrected chi connectivity index (χ4v) is 4.29. The molecule has 3 heteroatoms. The topological polar surface area (TPSA) is 30.8 Å². The molecule has 0 atom stereocenters. The molecule has 0 aliphatic carbocycles. The molecular weight excluding hydrogens is 406 g/mol. The average molecular weight is 438 g/mol. The van der Waals surface area contributed by atoms with Gasteiger partial charge in [-0.25, -0.2) is 4.99 Å². The highest BCUT2D eigenvalue weighted by molar-refractivity contribution is 6.12. The van der Waals surface area contributed by atoms with E-state index in [1.165, 1.54) is 10.8 Å². The second-order valence-electron chi connectivity index (χ2n) is 8.14. The number of nitrogens with zero attached hydrogens (tertiary/aromatic N) is 1. The van der Waals surface area contributed by atoms with Gasteiger partial charge < -0.3 is 9.47 Å². The van der Waals surface area contributed by atoms with Crippen LogP contribution in [0.3, 0.4) is 0 Å². The Morgan fingerprint density at radius 2 is 1.61 bits per heavy atom. The summed E-state index contributed by atoms with van der Waals surface area (Å²) >= 11 is 0. The third-order valence-electron chi connectivity index (χ3n) is 5.86. The van der Waals surface area contributed by atoms with E-state index in [2.05, 4.69) is 80.6 Å². The van der Waals surface area contributed by atoms with Crippen LogP contribution in [-0.4, -0.2) is 19.6 Å². The lowest BCUT2D eigenvalue weighted by molar-refractivity contribution is 0.339. The van der Waals surface area contributed by atoms with Crippen molar-refractivity contribution in [1.82, 2.24) is 0 Å². The van der Waals surface area contributed by atoms with E-state index in [4.69, 9.17) is 14.5 Å². The zero-order chi connectivity index (χ0) is 23.2. The van der Waals surface area contributed by atoms with Crippen LogP contribution in [0.2, 0.25) is 0 Å². The van der Waals surface area contributed by atoms with Gasteiger partial charge in [-0.15, -0.1) is 0 Å². The number of rotatable bonds is 7. The number of ether oxygens (including phenoxy) is 2. The van der Waals surface area contributed by atoms with Gasteiger partial charge >= 0.3 is 0 Å². The highest BCUT2D eigenvalue weighted by Crippen LogP contribution is 2.47. The van der Waals surface area contributed by atoms with Gasteiger partial charge in [0, 0.05) is 17.5 Å². The number of methoxy groups -OCH3 is 1. The minimum Gasteiger partial charge on any atom is -0.496 e. The van der Waals surface area contributed by atoms with Gasteiger partial charge in [0.2, 0.25) is 0 Å². The highest BCUT2D eigenvalue weighted by Gasteiger charge is 2.20. The molecular formula is C30H31NO2. The molecule has 0 heterocycles. The predicted molar refractivity (Wildman–Crippen MR) is 141 cm³/mol. The van der Waals surface area contributed by atoms with E-state index in [0.717, 1.165) is 57.6 Å². The van der Waals surface area contributed by atoms with Gasteiger partial charge in [0.25, 0.3) is 0 Å². The smallest absolute Gasteiger partial charge is 0.188 e. The van der Waals surface area contributed by atoms with Crippen molar-refractivity contribution in [2.75, 3.05) is 13.7 Å². The maximum Gasteiger partial charge on any atom is 0.188 e. The SMILES string of the molecule is C/C=C/COC(CCC)=Nc1c(C)cc2ccccc2c1-c1c(OC)ccc2ccccc12. The molecule has 0 aliphatic rings. The molecule has 0 unspecified atom stereocenters. The van der Waals surface area contributed by atoms with Crippen molar-refractivity contribution in [2.45, 2.75) is 33.6 Å². The lowest BCUT2D eigenvalue weighted by atomic mass is 9.90. The Bertz CT molecular complexity index is 1330. The molecule has 4 rings (SSSR count). The predicted octanol–water partition coefficient (Wildman–Crippen LogP) is 8.40. The second kappa shape index (κ2) is 10.4. The zero-order valence-corrected chi connectivity index (χ0v) is 19.9. The monoisotopic (exact) mass is 437 g/mol. The molecule has 33 heavy (non-hydrogen) atoms. The second-order valence-corrected chi connectivity index (χ2v) is 8.14. The lowest BCUT2D eigenvalue weighted by Crippen LogP contribution is -2.05. The molecule has 0 radical (unpaired) electrons. The van der Waals surface area contributed by atoms with E-state index in [-0.39, 0.29) is 0 Å². The zero-order valence-electron chi connectivity index (χ0n) is 19.9. The maximum absolute atomic E-state index is 6.06. The van der Waals surface area contributed by atoms with Crippen LogP contribution in [-0.2, 0) is 4.74 Å². The maximum atomic E-state index is 6.06. The van der Waals surface area contributed by atoms with Gasteiger partial charge in [-0.1, -0.05) is 73.7 Å². The third-order valence-corrected chi connectivity index (χ3v) is 5.86. The number of fused-ring (bicyclic) bond motifs is 2. The summed E-state index contributed by atoms with van der Waals surface area (Å²) in [7, 11) is 1.73. The molecule has 0 bridgehead atoms. The molecule has 0 fully saturated rings. The molecule has 0 saturated heterocycles. The molecule has 4 aromatic rings. The first kappa shape index (κ1) is 22.6. The van der Waals surface area contributed by atoms with E-state index < -0.39 is 0 Å². The van der Waals surface area contributed by atoms with Crippen LogP contribution in [0.4, 0.5) is 5.69 Å². The molecule has 3 nitrogen and oxygen atoms in total. The van der Waals surface area contributed by atoms with Gasteiger partial charge in [0.1, 0.15) is 12.4 Å². The summed E-state index contributed by atoms with van der Waals surface area (Å²) in [6.45, 7) is 6.80. The standard InChI is InChI=1S/C30H31NO2/c1-5-7-19-33-27(12-6-2)31-30-21(3)20-23-14-9-11-16-25(23)29(30)28-24-15-10-8-13-22(24)17-18-26(28)32-4/h5,7-11,13-18,20H,6,12,19H2,1-4H3/b7-5+,31-27?. The Labute approximate surface area is 196 Å². The van der Waals surface area contributed by atoms with Crippen LogP contribution >= 0.6 is 0 Å². The minimum absolute atomic E-state index is 0.523. The largest absolute Gasteiger partial charge is 0.496 e. The first-order chi connectivity index (χ1) is 16.2. The van der Waals surface area contributed by atoms with Crippen LogP contribution in [0.15, 0.2) is 83.9 Å². The van der Waals surface area contributed by atoms with Crippen molar-refractivity contribution in [3.8, 4) is 16.9 Å². The Morgan fingerprint density at radius 1 is 0.909 bits per heavy atom. The minimum atomic E-state index is 0.523. The normalized spacial score (nSPS) is 12.1. The fraction of sp³-hybridized carbons (Fsp3) is 0.233. The van der Waals surface area contributed by atoms with Crippen molar-refractivity contribution in [2.24, 2.45) is 4.99 Å². The summed E-state index contributed by atoms with van der Waals surface area (Å²) in [5, 5.41) is 4.66. The summed E-state index contributed by atoms with van der Waals surface area (Å²) in [5.41, 5.74) is 4.20. The molecule has 0 saturated carbocycles. The molecule has 0 aliphatic heterocycles. The third kappa shape index (κ3) is 4.63. The molecule has 4 aromatic carbocycles. The van der Waals surface area contributed by atoms with Crippen LogP contribution < -0.4 is 4.74 Å². The Morgan fingerprint density at radius 3 is 2.30 bits per heavy atom. The molecule has 168 valence electrons. The molecule has 0 aromatic heterocycles. The fourth-order valence-electron chi connectivity index (χ4n) is 4.29. The number of benzene rings is 4. The Kier molecular flexibility index (Phi) is 7.09. The van der Waals surface area contributed by atoms with Gasteiger partial charge in [-0.2, -0.15) is 0 Å². The summed E-state index contributed by atoms with van der Waals surface area (Å²) in [5.74, 6) is 1.60. The average Bonchev–Trinajstić information content (AvgIpc) is 2.84. The van der Waals surface area contributed by atoms with Gasteiger partial charge in [0.15, 0.2) is 5.90 Å². The Balaban J connectivity index is 2.08. The van der Waals surface area contributed by atoms with Crippen LogP contribution in [0.1, 0.15) is 32.3 Å². The van der Waals surface area contributed by atoms with E-state index >= 15 is 0 Å². The van der Waals surface area contributed by atoms with Gasteiger partial charge in [0.05, 0.1) is 12.8 Å². The number of aliphatic imine (C=N–C) groups is 1. The quantitative estimate of drug-likeness (QED) is 0.165. The first-order valence-electron chi connectivity index (χ1n) is 11.6. The summed E-state index contributed by atoms with van der Waals surface area (Å²) in [4.78, 5) is 5.13. The molecule has 0 N–H and O–H groups in total. The van der Waals surface area contributed by atoms with Crippen molar-refractivity contribution in [1.29, 1.82) is 0 Å². The lowest BCUT2D eigenvalue weighted by Gasteiger charge is -2.19. The van der Waals surface area contributed by atoms with Crippen LogP contribution in [0, 0.1) is 6.92 Å². The van der Waals surface area contributed by atoms with Crippen molar-refractivity contribution in [3.63, 3.8) is 0 Å². The van der Waals surface area contributed by atoms with Crippen LogP contribution in [0.5, 0.6) is 5.75 Å². The van der Waals surface area contributed by atoms with Gasteiger partial charge in [-0.3, -0.25) is 0 Å². The van der Waals surface area contributed by atoms with E-state index in [0.29, 0.717) is 6.61 Å². The van der Waals surface area contributed by atoms with Crippen molar-refractivity contribution < 1.29 is 9.47 Å². The molecule has 0 spiro atoms. The van der Waals surface area contributed by atoms with Crippen molar-refractivity contribution >= 4 is 33.1 Å². The van der Waals surface area contributed by atoms with Crippen LogP contribution in [0.25, 0.3) is 32.7 Å². The number of hydrogen-bond donors (Lipinski definition) is 0. The van der Waals surface area contributed by atoms with Gasteiger partial charge in [-0.05, 0) is 59.5 Å². The number of allylic oxidation sites excluding steroid dienone is 1. The summed E-state index contributed by atoms with van der Waals surface area (Å²) < 4.78 is 12.0. The first-order valence-corrected chi connectivity index (χ1v) is 11.6. The summed E-state index contributed by atoms with van der Waals surface area (Å²) in [6.07, 6.45) is 5.76. The summed E-state index contributed by atoms with van der Waals surface area (Å²) in [6, 6.07) is 23.3. The number of aryl methyl sites for hydroxylation is 1. The molecule has 0 amide bonds. The van der Waals surface area contributed by atoms with E-state index in [1.807, 2.05) is 19.1 Å². The highest BCUT2D eigenvalue weighted by atomic mass is 16.5. The van der Waals surface area contributed by atoms with E-state index in [1.54, 1.807) is 7.11 Å². The van der Waals surface area contributed by atoms with E-state index in [9.17, 15) is 0 Å². The number of hydrogen-bond acceptors (Lipinski definition) is 3. The van der Waals surface area contributed by atoms with Crippen molar-refractivity contribution in [3.05, 3.63) is 84.4 Å². The Hall–Kier alpha value is -3.59.